The van der Waals surface area contributed by atoms with Crippen LogP contribution in [0.2, 0.25) is 0 Å². The molecular formula is C14H16FN3O. The fourth-order valence-electron chi connectivity index (χ4n) is 1.73. The van der Waals surface area contributed by atoms with E-state index in [-0.39, 0.29) is 12.4 Å². The second-order valence-electron chi connectivity index (χ2n) is 4.28. The Hall–Kier alpha value is -2.01. The molecule has 0 aliphatic heterocycles. The molecule has 19 heavy (non-hydrogen) atoms. The lowest BCUT2D eigenvalue weighted by Crippen LogP contribution is -2.20. The van der Waals surface area contributed by atoms with E-state index in [0.717, 1.165) is 17.9 Å². The normalized spacial score (nSPS) is 10.5. The van der Waals surface area contributed by atoms with Crippen molar-refractivity contribution in [1.82, 2.24) is 10.2 Å². The highest BCUT2D eigenvalue weighted by molar-refractivity contribution is 5.59. The van der Waals surface area contributed by atoms with E-state index >= 15 is 0 Å². The maximum atomic E-state index is 12.8. The first-order chi connectivity index (χ1) is 9.20. The second-order valence-corrected chi connectivity index (χ2v) is 4.28. The first-order valence-corrected chi connectivity index (χ1v) is 6.12. The highest BCUT2D eigenvalue weighted by Crippen LogP contribution is 2.18. The number of anilines is 1. The third kappa shape index (κ3) is 3.48. The molecule has 0 unspecified atom stereocenters. The predicted molar refractivity (Wildman–Crippen MR) is 72.4 cm³/mol. The maximum Gasteiger partial charge on any atom is 0.151 e. The maximum absolute atomic E-state index is 12.8. The minimum Gasteiger partial charge on any atom is -0.396 e. The Morgan fingerprint density at radius 1 is 1.11 bits per heavy atom. The van der Waals surface area contributed by atoms with E-state index in [1.165, 1.54) is 12.1 Å². The Morgan fingerprint density at radius 2 is 1.84 bits per heavy atom. The molecule has 0 aliphatic rings. The van der Waals surface area contributed by atoms with Gasteiger partial charge in [-0.2, -0.15) is 0 Å². The summed E-state index contributed by atoms with van der Waals surface area (Å²) < 4.78 is 12.8. The molecule has 2 rings (SSSR count). The van der Waals surface area contributed by atoms with Gasteiger partial charge in [0.15, 0.2) is 5.82 Å². The molecule has 1 aromatic heterocycles. The number of benzene rings is 1. The first kappa shape index (κ1) is 13.4. The number of hydrogen-bond donors (Lipinski definition) is 1. The Kier molecular flexibility index (Phi) is 4.41. The van der Waals surface area contributed by atoms with Crippen LogP contribution in [-0.2, 0) is 0 Å². The van der Waals surface area contributed by atoms with Crippen molar-refractivity contribution >= 4 is 5.82 Å². The van der Waals surface area contributed by atoms with Crippen molar-refractivity contribution in [2.24, 2.45) is 0 Å². The van der Waals surface area contributed by atoms with Crippen molar-refractivity contribution in [3.8, 4) is 11.3 Å². The monoisotopic (exact) mass is 261 g/mol. The smallest absolute Gasteiger partial charge is 0.151 e. The van der Waals surface area contributed by atoms with E-state index in [1.807, 2.05) is 24.1 Å². The zero-order valence-corrected chi connectivity index (χ0v) is 10.8. The lowest BCUT2D eigenvalue weighted by molar-refractivity contribution is 0.290. The van der Waals surface area contributed by atoms with Crippen LogP contribution in [0.4, 0.5) is 10.2 Å². The summed E-state index contributed by atoms with van der Waals surface area (Å²) >= 11 is 0. The lowest BCUT2D eigenvalue weighted by Gasteiger charge is -2.16. The number of aliphatic hydroxyl groups is 1. The van der Waals surface area contributed by atoms with Gasteiger partial charge in [-0.1, -0.05) is 0 Å². The molecule has 0 bridgehead atoms. The summed E-state index contributed by atoms with van der Waals surface area (Å²) in [5, 5.41) is 17.0. The van der Waals surface area contributed by atoms with Gasteiger partial charge in [-0.3, -0.25) is 0 Å². The van der Waals surface area contributed by atoms with Crippen LogP contribution in [-0.4, -0.2) is 35.5 Å². The number of aliphatic hydroxyl groups excluding tert-OH is 1. The molecule has 0 radical (unpaired) electrons. The summed E-state index contributed by atoms with van der Waals surface area (Å²) in [4.78, 5) is 1.93. The minimum absolute atomic E-state index is 0.158. The molecule has 100 valence electrons. The van der Waals surface area contributed by atoms with Gasteiger partial charge in [0, 0.05) is 25.8 Å². The van der Waals surface area contributed by atoms with Crippen LogP contribution in [0.15, 0.2) is 36.4 Å². The predicted octanol–water partition coefficient (Wildman–Crippen LogP) is 2.10. The van der Waals surface area contributed by atoms with Crippen LogP contribution in [0.3, 0.4) is 0 Å². The Bertz CT molecular complexity index is 513. The fraction of sp³-hybridized carbons (Fsp3) is 0.286. The average molecular weight is 261 g/mol. The summed E-state index contributed by atoms with van der Waals surface area (Å²) in [6.07, 6.45) is 0.692. The van der Waals surface area contributed by atoms with Crippen LogP contribution >= 0.6 is 0 Å². The van der Waals surface area contributed by atoms with Crippen molar-refractivity contribution in [1.29, 1.82) is 0 Å². The summed E-state index contributed by atoms with van der Waals surface area (Å²) in [5.74, 6) is 0.483. The van der Waals surface area contributed by atoms with Gasteiger partial charge in [-0.25, -0.2) is 4.39 Å². The van der Waals surface area contributed by atoms with E-state index in [0.29, 0.717) is 12.1 Å². The molecule has 0 aliphatic carbocycles. The van der Waals surface area contributed by atoms with Gasteiger partial charge in [0.2, 0.25) is 0 Å². The van der Waals surface area contributed by atoms with Gasteiger partial charge in [0.25, 0.3) is 0 Å². The van der Waals surface area contributed by atoms with Crippen LogP contribution in [0, 0.1) is 5.82 Å². The molecule has 0 saturated heterocycles. The molecule has 0 saturated carbocycles. The Balaban J connectivity index is 2.11. The topological polar surface area (TPSA) is 49.2 Å². The van der Waals surface area contributed by atoms with Gasteiger partial charge in [0.1, 0.15) is 5.82 Å². The van der Waals surface area contributed by atoms with E-state index < -0.39 is 0 Å². The van der Waals surface area contributed by atoms with E-state index in [4.69, 9.17) is 5.11 Å². The summed E-state index contributed by atoms with van der Waals surface area (Å²) in [6.45, 7) is 0.881. The number of halogens is 1. The molecule has 0 spiro atoms. The molecule has 0 fully saturated rings. The van der Waals surface area contributed by atoms with E-state index in [2.05, 4.69) is 10.2 Å². The zero-order valence-electron chi connectivity index (χ0n) is 10.8. The first-order valence-electron chi connectivity index (χ1n) is 6.12. The van der Waals surface area contributed by atoms with Crippen molar-refractivity contribution in [3.05, 3.63) is 42.2 Å². The zero-order chi connectivity index (χ0) is 13.7. The highest BCUT2D eigenvalue weighted by atomic mass is 19.1. The molecule has 4 nitrogen and oxygen atoms in total. The fourth-order valence-corrected chi connectivity index (χ4v) is 1.73. The quantitative estimate of drug-likeness (QED) is 0.895. The van der Waals surface area contributed by atoms with Crippen molar-refractivity contribution in [3.63, 3.8) is 0 Å². The molecule has 0 amide bonds. The van der Waals surface area contributed by atoms with Gasteiger partial charge in [-0.15, -0.1) is 10.2 Å². The van der Waals surface area contributed by atoms with Gasteiger partial charge < -0.3 is 10.0 Å². The largest absolute Gasteiger partial charge is 0.396 e. The molecule has 1 N–H and O–H groups in total. The third-order valence-electron chi connectivity index (χ3n) is 2.83. The van der Waals surface area contributed by atoms with Crippen LogP contribution in [0.25, 0.3) is 11.3 Å². The lowest BCUT2D eigenvalue weighted by atomic mass is 10.1. The molecule has 1 aromatic carbocycles. The van der Waals surface area contributed by atoms with Crippen LogP contribution < -0.4 is 4.90 Å². The van der Waals surface area contributed by atoms with Gasteiger partial charge in [0.05, 0.1) is 5.69 Å². The number of rotatable bonds is 5. The SMILES string of the molecule is CN(CCCO)c1ccc(-c2ccc(F)cc2)nn1. The van der Waals surface area contributed by atoms with Crippen LogP contribution in [0.1, 0.15) is 6.42 Å². The Morgan fingerprint density at radius 3 is 2.42 bits per heavy atom. The van der Waals surface area contributed by atoms with Crippen LogP contribution in [0.5, 0.6) is 0 Å². The summed E-state index contributed by atoms with van der Waals surface area (Å²) in [7, 11) is 1.90. The highest BCUT2D eigenvalue weighted by Gasteiger charge is 2.05. The minimum atomic E-state index is -0.267. The van der Waals surface area contributed by atoms with E-state index in [1.54, 1.807) is 12.1 Å². The molecule has 5 heteroatoms. The third-order valence-corrected chi connectivity index (χ3v) is 2.83. The molecule has 0 atom stereocenters. The van der Waals surface area contributed by atoms with Gasteiger partial charge in [-0.05, 0) is 42.8 Å². The van der Waals surface area contributed by atoms with Crippen molar-refractivity contribution < 1.29 is 9.50 Å². The second kappa shape index (κ2) is 6.24. The van der Waals surface area contributed by atoms with Gasteiger partial charge >= 0.3 is 0 Å². The van der Waals surface area contributed by atoms with Crippen molar-refractivity contribution in [2.45, 2.75) is 6.42 Å². The Labute approximate surface area is 111 Å². The molecule has 2 aromatic rings. The number of aromatic nitrogens is 2. The van der Waals surface area contributed by atoms with Crippen molar-refractivity contribution in [2.75, 3.05) is 25.1 Å². The molecule has 1 heterocycles. The number of hydrogen-bond acceptors (Lipinski definition) is 4. The standard InChI is InChI=1S/C14H16FN3O/c1-18(9-2-10-19)14-8-7-13(16-17-14)11-3-5-12(15)6-4-11/h3-8,19H,2,9-10H2,1H3. The number of nitrogens with zero attached hydrogens (tertiary/aromatic N) is 3. The van der Waals surface area contributed by atoms with E-state index in [9.17, 15) is 4.39 Å². The summed E-state index contributed by atoms with van der Waals surface area (Å²) in [5.41, 5.74) is 1.54. The average Bonchev–Trinajstić information content (AvgIpc) is 2.46. The molecular weight excluding hydrogens is 245 g/mol. The summed E-state index contributed by atoms with van der Waals surface area (Å²) in [6, 6.07) is 9.87.